The summed E-state index contributed by atoms with van der Waals surface area (Å²) >= 11 is 9.64. The van der Waals surface area contributed by atoms with Crippen LogP contribution in [0.2, 0.25) is 5.02 Å². The highest BCUT2D eigenvalue weighted by Crippen LogP contribution is 2.36. The average molecular weight is 547 g/mol. The van der Waals surface area contributed by atoms with Crippen LogP contribution in [-0.4, -0.2) is 75.2 Å². The number of aliphatic hydroxyl groups is 4. The Morgan fingerprint density at radius 2 is 1.85 bits per heavy atom. The van der Waals surface area contributed by atoms with E-state index in [9.17, 15) is 19.7 Å². The van der Waals surface area contributed by atoms with Gasteiger partial charge in [-0.05, 0) is 24.3 Å². The van der Waals surface area contributed by atoms with E-state index in [2.05, 4.69) is 31.2 Å². The number of anilines is 2. The molecule has 2 aromatic carbocycles. The highest BCUT2D eigenvalue weighted by molar-refractivity contribution is 9.10. The minimum absolute atomic E-state index is 0.0843. The Morgan fingerprint density at radius 3 is 2.48 bits per heavy atom. The number of hydrogen-bond donors (Lipinski definition) is 5. The second kappa shape index (κ2) is 11.2. The second-order valence-corrected chi connectivity index (χ2v) is 8.33. The highest BCUT2D eigenvalue weighted by Gasteiger charge is 2.34. The molecule has 1 aromatic heterocycles. The molecule has 0 radical (unpaired) electrons. The number of alkyl halides is 1. The SMILES string of the molecule is COc1cc2c(Nc3ccc(Br)cc3Cl)ncnc2cc1O[C@H](CO)[C@H](O)[C@@H](O)[C@H](F)CO. The summed E-state index contributed by atoms with van der Waals surface area (Å²) in [7, 11) is 1.39. The number of aliphatic hydroxyl groups excluding tert-OH is 4. The third kappa shape index (κ3) is 5.81. The van der Waals surface area contributed by atoms with Gasteiger partial charge in [-0.25, -0.2) is 14.4 Å². The summed E-state index contributed by atoms with van der Waals surface area (Å²) in [5.41, 5.74) is 1.04. The van der Waals surface area contributed by atoms with Crippen LogP contribution in [0, 0.1) is 0 Å². The van der Waals surface area contributed by atoms with Gasteiger partial charge >= 0.3 is 0 Å². The summed E-state index contributed by atoms with van der Waals surface area (Å²) < 4.78 is 25.4. The van der Waals surface area contributed by atoms with Gasteiger partial charge in [-0.15, -0.1) is 0 Å². The van der Waals surface area contributed by atoms with Crippen molar-refractivity contribution in [2.75, 3.05) is 25.6 Å². The fourth-order valence-corrected chi connectivity index (χ4v) is 3.77. The summed E-state index contributed by atoms with van der Waals surface area (Å²) in [5.74, 6) is 0.730. The molecule has 178 valence electrons. The number of fused-ring (bicyclic) bond motifs is 1. The van der Waals surface area contributed by atoms with Crippen LogP contribution in [0.4, 0.5) is 15.9 Å². The van der Waals surface area contributed by atoms with E-state index in [4.69, 9.17) is 26.2 Å². The van der Waals surface area contributed by atoms with Gasteiger partial charge in [-0.1, -0.05) is 27.5 Å². The quantitative estimate of drug-likeness (QED) is 0.260. The largest absolute Gasteiger partial charge is 0.493 e. The van der Waals surface area contributed by atoms with Crippen LogP contribution in [-0.2, 0) is 0 Å². The van der Waals surface area contributed by atoms with E-state index >= 15 is 0 Å². The molecule has 0 spiro atoms. The first-order chi connectivity index (χ1) is 15.8. The van der Waals surface area contributed by atoms with Gasteiger partial charge in [0.1, 0.15) is 24.4 Å². The Kier molecular flexibility index (Phi) is 8.63. The van der Waals surface area contributed by atoms with Crippen molar-refractivity contribution in [3.8, 4) is 11.5 Å². The van der Waals surface area contributed by atoms with Crippen molar-refractivity contribution in [1.82, 2.24) is 9.97 Å². The number of hydrogen-bond acceptors (Lipinski definition) is 9. The zero-order chi connectivity index (χ0) is 24.1. The summed E-state index contributed by atoms with van der Waals surface area (Å²) in [4.78, 5) is 8.48. The Balaban J connectivity index is 1.94. The minimum atomic E-state index is -2.11. The molecule has 1 heterocycles. The van der Waals surface area contributed by atoms with E-state index in [1.54, 1.807) is 18.2 Å². The molecule has 0 bridgehead atoms. The fraction of sp³-hybridized carbons (Fsp3) is 0.333. The normalized spacial score (nSPS) is 15.0. The van der Waals surface area contributed by atoms with Crippen molar-refractivity contribution in [3.05, 3.63) is 46.2 Å². The van der Waals surface area contributed by atoms with Crippen LogP contribution < -0.4 is 14.8 Å². The molecule has 3 rings (SSSR count). The lowest BCUT2D eigenvalue weighted by Crippen LogP contribution is -2.48. The van der Waals surface area contributed by atoms with E-state index in [-0.39, 0.29) is 11.5 Å². The molecule has 0 unspecified atom stereocenters. The van der Waals surface area contributed by atoms with Gasteiger partial charge in [0.2, 0.25) is 0 Å². The number of methoxy groups -OCH3 is 1. The van der Waals surface area contributed by atoms with Crippen molar-refractivity contribution in [1.29, 1.82) is 0 Å². The monoisotopic (exact) mass is 545 g/mol. The maximum Gasteiger partial charge on any atom is 0.164 e. The minimum Gasteiger partial charge on any atom is -0.493 e. The zero-order valence-electron chi connectivity index (χ0n) is 17.3. The van der Waals surface area contributed by atoms with E-state index in [0.717, 1.165) is 4.47 Å². The smallest absolute Gasteiger partial charge is 0.164 e. The number of ether oxygens (including phenoxy) is 2. The Bertz CT molecular complexity index is 1110. The van der Waals surface area contributed by atoms with Crippen LogP contribution in [0.25, 0.3) is 10.9 Å². The van der Waals surface area contributed by atoms with Gasteiger partial charge in [0.15, 0.2) is 23.8 Å². The third-order valence-corrected chi connectivity index (χ3v) is 5.65. The van der Waals surface area contributed by atoms with E-state index < -0.39 is 37.7 Å². The Hall–Kier alpha value is -2.28. The average Bonchev–Trinajstić information content (AvgIpc) is 2.82. The van der Waals surface area contributed by atoms with Crippen molar-refractivity contribution < 1.29 is 34.3 Å². The summed E-state index contributed by atoms with van der Waals surface area (Å²) in [5, 5.41) is 42.7. The summed E-state index contributed by atoms with van der Waals surface area (Å²) in [6.45, 7) is -1.74. The van der Waals surface area contributed by atoms with Crippen molar-refractivity contribution >= 4 is 49.9 Å². The van der Waals surface area contributed by atoms with E-state index in [1.807, 2.05) is 6.07 Å². The molecule has 3 aromatic rings. The number of halogens is 3. The molecule has 0 aliphatic heterocycles. The molecule has 0 aliphatic rings. The van der Waals surface area contributed by atoms with Crippen molar-refractivity contribution in [3.63, 3.8) is 0 Å². The molecule has 0 saturated heterocycles. The maximum absolute atomic E-state index is 13.6. The lowest BCUT2D eigenvalue weighted by molar-refractivity contribution is -0.0981. The van der Waals surface area contributed by atoms with Crippen LogP contribution in [0.15, 0.2) is 41.1 Å². The molecule has 0 fully saturated rings. The van der Waals surface area contributed by atoms with Gasteiger partial charge in [-0.2, -0.15) is 0 Å². The third-order valence-electron chi connectivity index (χ3n) is 4.84. The molecule has 4 atom stereocenters. The van der Waals surface area contributed by atoms with Gasteiger partial charge in [0.05, 0.1) is 36.6 Å². The fourth-order valence-electron chi connectivity index (χ4n) is 3.05. The van der Waals surface area contributed by atoms with Gasteiger partial charge in [0, 0.05) is 15.9 Å². The first kappa shape index (κ1) is 25.3. The molecule has 5 N–H and O–H groups in total. The number of nitrogens with zero attached hydrogens (tertiary/aromatic N) is 2. The number of benzene rings is 2. The lowest BCUT2D eigenvalue weighted by atomic mass is 10.0. The van der Waals surface area contributed by atoms with Crippen LogP contribution in [0.1, 0.15) is 0 Å². The Morgan fingerprint density at radius 1 is 1.09 bits per heavy atom. The highest BCUT2D eigenvalue weighted by atomic mass is 79.9. The maximum atomic E-state index is 13.6. The molecular weight excluding hydrogens is 525 g/mol. The molecule has 33 heavy (non-hydrogen) atoms. The first-order valence-electron chi connectivity index (χ1n) is 9.72. The summed E-state index contributed by atoms with van der Waals surface area (Å²) in [6.07, 6.45) is -5.97. The second-order valence-electron chi connectivity index (χ2n) is 7.01. The molecule has 9 nitrogen and oxygen atoms in total. The van der Waals surface area contributed by atoms with E-state index in [0.29, 0.717) is 27.4 Å². The van der Waals surface area contributed by atoms with Gasteiger partial charge in [-0.3, -0.25) is 0 Å². The van der Waals surface area contributed by atoms with Crippen molar-refractivity contribution in [2.24, 2.45) is 0 Å². The standard InChI is InChI=1S/C21H22BrClFN3O6/c1-32-16-5-11-15(6-17(16)33-18(8-29)20(31)19(30)13(24)7-28)25-9-26-21(11)27-14-3-2-10(22)4-12(14)23/h2-6,9,13,18-20,28-31H,7-8H2,1H3,(H,25,26,27)/t13-,18-,19+,20+/m1/s1. The van der Waals surface area contributed by atoms with E-state index in [1.165, 1.54) is 19.5 Å². The van der Waals surface area contributed by atoms with Crippen molar-refractivity contribution in [2.45, 2.75) is 24.5 Å². The number of nitrogens with one attached hydrogen (secondary N) is 1. The molecule has 0 aliphatic carbocycles. The predicted octanol–water partition coefficient (Wildman–Crippen LogP) is 2.59. The predicted molar refractivity (Wildman–Crippen MR) is 124 cm³/mol. The van der Waals surface area contributed by atoms with Gasteiger partial charge < -0.3 is 35.2 Å². The zero-order valence-corrected chi connectivity index (χ0v) is 19.7. The summed E-state index contributed by atoms with van der Waals surface area (Å²) in [6, 6.07) is 8.40. The molecule has 0 amide bonds. The van der Waals surface area contributed by atoms with Crippen LogP contribution in [0.3, 0.4) is 0 Å². The molecule has 12 heteroatoms. The van der Waals surface area contributed by atoms with Gasteiger partial charge in [0.25, 0.3) is 0 Å². The van der Waals surface area contributed by atoms with Crippen LogP contribution >= 0.6 is 27.5 Å². The molecule has 0 saturated carbocycles. The lowest BCUT2D eigenvalue weighted by Gasteiger charge is -2.28. The van der Waals surface area contributed by atoms with Crippen LogP contribution in [0.5, 0.6) is 11.5 Å². The topological polar surface area (TPSA) is 137 Å². The first-order valence-corrected chi connectivity index (χ1v) is 10.9. The molecular formula is C21H22BrClFN3O6. The number of rotatable bonds is 10. The number of aromatic nitrogens is 2. The Labute approximate surface area is 201 Å².